The van der Waals surface area contributed by atoms with Crippen LogP contribution in [-0.4, -0.2) is 0 Å². The number of hydrogen-bond donors (Lipinski definition) is 0. The fraction of sp³-hybridized carbons (Fsp3) is 0.300. The minimum atomic E-state index is 0. The Kier molecular flexibility index (Phi) is 13.7. The van der Waals surface area contributed by atoms with Crippen LogP contribution in [0.5, 0.6) is 0 Å². The first-order valence-electron chi connectivity index (χ1n) is 3.91. The number of rotatable bonds is 1. The van der Waals surface area contributed by atoms with Gasteiger partial charge in [-0.2, -0.15) is 6.42 Å². The molecular formula is C10H13ClILi. The van der Waals surface area contributed by atoms with E-state index in [4.69, 9.17) is 11.6 Å². The monoisotopic (exact) mass is 302 g/mol. The molecule has 0 radical (unpaired) electrons. The van der Waals surface area contributed by atoms with E-state index in [2.05, 4.69) is 36.4 Å². The molecular weight excluding hydrogens is 289 g/mol. The first-order chi connectivity index (χ1) is 5.72. The standard InChI is InChI=1S/C6H4ClI.C4H9.Li/c7-5-3-1-2-4-6(5)8;1-3-4-2;/h1-4H;1,3-4H2,2H3;/q;-1;+1. The van der Waals surface area contributed by atoms with Crippen LogP contribution in [0.25, 0.3) is 0 Å². The van der Waals surface area contributed by atoms with Gasteiger partial charge in [-0.15, -0.1) is 0 Å². The number of hydrogen-bond acceptors (Lipinski definition) is 0. The zero-order valence-corrected chi connectivity index (χ0v) is 11.1. The Balaban J connectivity index is 0. The molecule has 1 aromatic carbocycles. The molecule has 0 aliphatic heterocycles. The molecule has 0 amide bonds. The van der Waals surface area contributed by atoms with Crippen molar-refractivity contribution in [2.75, 3.05) is 0 Å². The summed E-state index contributed by atoms with van der Waals surface area (Å²) in [6.07, 6.45) is 2.28. The molecule has 0 nitrogen and oxygen atoms in total. The topological polar surface area (TPSA) is 0 Å². The van der Waals surface area contributed by atoms with Gasteiger partial charge in [-0.1, -0.05) is 37.1 Å². The number of halogens is 2. The van der Waals surface area contributed by atoms with Gasteiger partial charge in [-0.3, -0.25) is 0 Å². The second-order valence-corrected chi connectivity index (χ2v) is 3.84. The van der Waals surface area contributed by atoms with E-state index in [-0.39, 0.29) is 18.9 Å². The summed E-state index contributed by atoms with van der Waals surface area (Å²) in [4.78, 5) is 0. The van der Waals surface area contributed by atoms with Crippen molar-refractivity contribution in [1.82, 2.24) is 0 Å². The SMILES string of the molecule is Clc1ccccc1I.[CH2-]CCC.[Li+]. The predicted octanol–water partition coefficient (Wildman–Crippen LogP) is 1.57. The van der Waals surface area contributed by atoms with Crippen molar-refractivity contribution in [3.05, 3.63) is 39.8 Å². The van der Waals surface area contributed by atoms with E-state index in [1.807, 2.05) is 24.3 Å². The third-order valence-corrected chi connectivity index (χ3v) is 2.77. The average Bonchev–Trinajstić information content (AvgIpc) is 2.11. The second-order valence-electron chi connectivity index (χ2n) is 2.27. The molecule has 0 saturated carbocycles. The molecule has 1 rings (SSSR count). The summed E-state index contributed by atoms with van der Waals surface area (Å²) < 4.78 is 1.10. The normalized spacial score (nSPS) is 8.00. The maximum atomic E-state index is 5.70. The van der Waals surface area contributed by atoms with Crippen LogP contribution in [-0.2, 0) is 0 Å². The molecule has 0 aliphatic carbocycles. The van der Waals surface area contributed by atoms with E-state index in [0.29, 0.717) is 0 Å². The van der Waals surface area contributed by atoms with Crippen molar-refractivity contribution in [1.29, 1.82) is 0 Å². The molecule has 13 heavy (non-hydrogen) atoms. The summed E-state index contributed by atoms with van der Waals surface area (Å²) in [5, 5.41) is 0.827. The molecule has 0 atom stereocenters. The minimum absolute atomic E-state index is 0. The van der Waals surface area contributed by atoms with Gasteiger partial charge in [0, 0.05) is 3.57 Å². The fourth-order valence-electron chi connectivity index (χ4n) is 0.439. The molecule has 0 bridgehead atoms. The molecule has 0 N–H and O–H groups in total. The fourth-order valence-corrected chi connectivity index (χ4v) is 0.962. The zero-order valence-electron chi connectivity index (χ0n) is 8.19. The molecule has 0 heterocycles. The largest absolute Gasteiger partial charge is 1.00 e. The molecule has 1 aromatic rings. The van der Waals surface area contributed by atoms with E-state index in [1.165, 1.54) is 6.42 Å². The van der Waals surface area contributed by atoms with Crippen LogP contribution in [0.1, 0.15) is 19.8 Å². The van der Waals surface area contributed by atoms with Gasteiger partial charge in [0.2, 0.25) is 0 Å². The summed E-state index contributed by atoms with van der Waals surface area (Å²) in [5.74, 6) is 0. The van der Waals surface area contributed by atoms with E-state index in [0.717, 1.165) is 15.0 Å². The number of unbranched alkanes of at least 4 members (excludes halogenated alkanes) is 1. The summed E-state index contributed by atoms with van der Waals surface area (Å²) in [6, 6.07) is 7.74. The van der Waals surface area contributed by atoms with Crippen molar-refractivity contribution in [2.45, 2.75) is 19.8 Å². The average molecular weight is 303 g/mol. The van der Waals surface area contributed by atoms with Gasteiger partial charge in [-0.25, -0.2) is 0 Å². The van der Waals surface area contributed by atoms with Gasteiger partial charge in [0.1, 0.15) is 0 Å². The van der Waals surface area contributed by atoms with E-state index in [1.54, 1.807) is 0 Å². The molecule has 0 fully saturated rings. The molecule has 0 aliphatic rings. The smallest absolute Gasteiger partial charge is 0.343 e. The van der Waals surface area contributed by atoms with E-state index >= 15 is 0 Å². The molecule has 3 heteroatoms. The third kappa shape index (κ3) is 9.15. The molecule has 0 unspecified atom stereocenters. The summed E-state index contributed by atoms with van der Waals surface area (Å²) in [7, 11) is 0. The van der Waals surface area contributed by atoms with Gasteiger partial charge >= 0.3 is 18.9 Å². The van der Waals surface area contributed by atoms with Crippen molar-refractivity contribution in [2.24, 2.45) is 0 Å². The van der Waals surface area contributed by atoms with Gasteiger partial charge in [0.05, 0.1) is 5.02 Å². The Morgan fingerprint density at radius 2 is 1.85 bits per heavy atom. The molecule has 0 spiro atoms. The summed E-state index contributed by atoms with van der Waals surface area (Å²) in [5.41, 5.74) is 0. The van der Waals surface area contributed by atoms with Crippen molar-refractivity contribution < 1.29 is 18.9 Å². The second kappa shape index (κ2) is 10.9. The third-order valence-electron chi connectivity index (χ3n) is 1.18. The Bertz CT molecular complexity index is 193. The zero-order chi connectivity index (χ0) is 9.40. The molecule has 0 saturated heterocycles. The van der Waals surface area contributed by atoms with Crippen LogP contribution in [0.2, 0.25) is 5.02 Å². The van der Waals surface area contributed by atoms with E-state index in [9.17, 15) is 0 Å². The molecule has 68 valence electrons. The van der Waals surface area contributed by atoms with Gasteiger partial charge in [-0.05, 0) is 34.7 Å². The van der Waals surface area contributed by atoms with Crippen LogP contribution in [0.3, 0.4) is 0 Å². The Hall–Kier alpha value is 0.837. The van der Waals surface area contributed by atoms with Crippen LogP contribution in [0.4, 0.5) is 0 Å². The van der Waals surface area contributed by atoms with E-state index < -0.39 is 0 Å². The van der Waals surface area contributed by atoms with Crippen LogP contribution >= 0.6 is 34.2 Å². The summed E-state index contributed by atoms with van der Waals surface area (Å²) in [6.45, 7) is 5.72. The van der Waals surface area contributed by atoms with Crippen molar-refractivity contribution in [3.8, 4) is 0 Å². The Morgan fingerprint density at radius 1 is 1.38 bits per heavy atom. The van der Waals surface area contributed by atoms with Crippen LogP contribution in [0, 0.1) is 10.5 Å². The van der Waals surface area contributed by atoms with Gasteiger partial charge < -0.3 is 6.92 Å². The summed E-state index contributed by atoms with van der Waals surface area (Å²) >= 11 is 7.89. The van der Waals surface area contributed by atoms with Crippen molar-refractivity contribution in [3.63, 3.8) is 0 Å². The Morgan fingerprint density at radius 3 is 2.08 bits per heavy atom. The first kappa shape index (κ1) is 16.3. The maximum Gasteiger partial charge on any atom is 1.00 e. The molecule has 0 aromatic heterocycles. The maximum absolute atomic E-state index is 5.70. The Labute approximate surface area is 112 Å². The van der Waals surface area contributed by atoms with Crippen LogP contribution in [0.15, 0.2) is 24.3 Å². The van der Waals surface area contributed by atoms with Gasteiger partial charge in [0.25, 0.3) is 0 Å². The van der Waals surface area contributed by atoms with Crippen molar-refractivity contribution >= 4 is 34.2 Å². The van der Waals surface area contributed by atoms with Gasteiger partial charge in [0.15, 0.2) is 0 Å². The number of benzene rings is 1. The first-order valence-corrected chi connectivity index (χ1v) is 5.37. The van der Waals surface area contributed by atoms with Crippen LogP contribution < -0.4 is 18.9 Å². The quantitative estimate of drug-likeness (QED) is 0.420. The minimum Gasteiger partial charge on any atom is -0.343 e. The predicted molar refractivity (Wildman–Crippen MR) is 64.4 cm³/mol.